The molecule has 0 saturated heterocycles. The van der Waals surface area contributed by atoms with E-state index in [9.17, 15) is 29.3 Å². The highest BCUT2D eigenvalue weighted by Crippen LogP contribution is 2.29. The zero-order valence-corrected chi connectivity index (χ0v) is 17.3. The number of ketones is 1. The molecule has 9 heteroatoms. The average Bonchev–Trinajstić information content (AvgIpc) is 3.07. The van der Waals surface area contributed by atoms with E-state index in [1.807, 2.05) is 6.92 Å². The second-order valence-corrected chi connectivity index (χ2v) is 7.34. The molecule has 0 bridgehead atoms. The van der Waals surface area contributed by atoms with Crippen molar-refractivity contribution in [3.63, 3.8) is 0 Å². The molecule has 3 aromatic carbocycles. The van der Waals surface area contributed by atoms with Gasteiger partial charge in [0.25, 0.3) is 17.5 Å². The van der Waals surface area contributed by atoms with Crippen molar-refractivity contribution in [3.8, 4) is 0 Å². The van der Waals surface area contributed by atoms with Crippen molar-refractivity contribution >= 4 is 34.9 Å². The standard InChI is InChI=1S/C24H16N2O7/c1-14-2-7-17(8-3-14)25-22(28)19-11-6-16(12-20(19)23(25)29)24(30)33-13-21(27)15-4-9-18(10-5-15)26(31)32/h2-12H,13H2,1H3. The van der Waals surface area contributed by atoms with E-state index in [-0.39, 0.29) is 27.9 Å². The zero-order valence-electron chi connectivity index (χ0n) is 17.3. The first kappa shape index (κ1) is 21.6. The molecule has 0 aromatic heterocycles. The van der Waals surface area contributed by atoms with Crippen molar-refractivity contribution in [1.82, 2.24) is 0 Å². The number of fused-ring (bicyclic) bond motifs is 1. The van der Waals surface area contributed by atoms with Crippen LogP contribution in [-0.4, -0.2) is 35.1 Å². The third kappa shape index (κ3) is 4.11. The van der Waals surface area contributed by atoms with Crippen molar-refractivity contribution in [3.05, 3.63) is 105 Å². The topological polar surface area (TPSA) is 124 Å². The SMILES string of the molecule is Cc1ccc(N2C(=O)c3ccc(C(=O)OCC(=O)c4ccc([N+](=O)[O-])cc4)cc3C2=O)cc1. The molecule has 0 aliphatic carbocycles. The van der Waals surface area contributed by atoms with E-state index >= 15 is 0 Å². The molecule has 1 aliphatic rings. The fourth-order valence-corrected chi connectivity index (χ4v) is 3.36. The van der Waals surface area contributed by atoms with Crippen molar-refractivity contribution in [2.75, 3.05) is 11.5 Å². The number of hydrogen-bond acceptors (Lipinski definition) is 7. The number of non-ortho nitro benzene ring substituents is 1. The summed E-state index contributed by atoms with van der Waals surface area (Å²) in [5, 5.41) is 10.7. The maximum atomic E-state index is 12.8. The first-order valence-corrected chi connectivity index (χ1v) is 9.80. The number of rotatable bonds is 6. The molecule has 0 atom stereocenters. The highest BCUT2D eigenvalue weighted by Gasteiger charge is 2.37. The van der Waals surface area contributed by atoms with E-state index in [4.69, 9.17) is 4.74 Å². The van der Waals surface area contributed by atoms with Gasteiger partial charge in [0.1, 0.15) is 0 Å². The molecule has 0 unspecified atom stereocenters. The number of nitrogens with zero attached hydrogens (tertiary/aromatic N) is 2. The number of nitro groups is 1. The van der Waals surface area contributed by atoms with E-state index in [2.05, 4.69) is 0 Å². The van der Waals surface area contributed by atoms with Gasteiger partial charge >= 0.3 is 5.97 Å². The predicted molar refractivity (Wildman–Crippen MR) is 116 cm³/mol. The lowest BCUT2D eigenvalue weighted by Crippen LogP contribution is -2.29. The summed E-state index contributed by atoms with van der Waals surface area (Å²) in [5.41, 5.74) is 1.62. The van der Waals surface area contributed by atoms with Crippen molar-refractivity contribution in [1.29, 1.82) is 0 Å². The summed E-state index contributed by atoms with van der Waals surface area (Å²) in [7, 11) is 0. The number of hydrogen-bond donors (Lipinski definition) is 0. The van der Waals surface area contributed by atoms with Gasteiger partial charge in [-0.25, -0.2) is 9.69 Å². The Hall–Kier alpha value is -4.66. The molecule has 164 valence electrons. The minimum Gasteiger partial charge on any atom is -0.454 e. The van der Waals surface area contributed by atoms with Crippen LogP contribution in [0.5, 0.6) is 0 Å². The molecule has 3 aromatic rings. The summed E-state index contributed by atoms with van der Waals surface area (Å²) < 4.78 is 5.04. The number of esters is 1. The first-order chi connectivity index (χ1) is 15.8. The molecule has 2 amide bonds. The Kier molecular flexibility index (Phi) is 5.53. The van der Waals surface area contributed by atoms with Gasteiger partial charge < -0.3 is 4.74 Å². The van der Waals surface area contributed by atoms with Crippen LogP contribution in [0, 0.1) is 17.0 Å². The van der Waals surface area contributed by atoms with Gasteiger partial charge in [-0.15, -0.1) is 0 Å². The van der Waals surface area contributed by atoms with Gasteiger partial charge in [-0.05, 0) is 49.4 Å². The van der Waals surface area contributed by atoms with Crippen LogP contribution in [0.3, 0.4) is 0 Å². The summed E-state index contributed by atoms with van der Waals surface area (Å²) in [6.07, 6.45) is 0. The number of Topliss-reactive ketones (excluding diaryl/α,β-unsaturated/α-hetero) is 1. The van der Waals surface area contributed by atoms with Crippen LogP contribution in [0.15, 0.2) is 66.7 Å². The second-order valence-electron chi connectivity index (χ2n) is 7.34. The Bertz CT molecular complexity index is 1310. The Morgan fingerprint density at radius 2 is 1.48 bits per heavy atom. The Balaban J connectivity index is 1.47. The van der Waals surface area contributed by atoms with Crippen molar-refractivity contribution in [2.45, 2.75) is 6.92 Å². The van der Waals surface area contributed by atoms with Gasteiger partial charge in [0.05, 0.1) is 27.3 Å². The third-order valence-corrected chi connectivity index (χ3v) is 5.15. The maximum absolute atomic E-state index is 12.8. The average molecular weight is 444 g/mol. The largest absolute Gasteiger partial charge is 0.454 e. The maximum Gasteiger partial charge on any atom is 0.338 e. The van der Waals surface area contributed by atoms with E-state index in [1.54, 1.807) is 24.3 Å². The summed E-state index contributed by atoms with van der Waals surface area (Å²) in [6, 6.07) is 15.8. The van der Waals surface area contributed by atoms with Gasteiger partial charge in [-0.3, -0.25) is 24.5 Å². The molecule has 0 radical (unpaired) electrons. The van der Waals surface area contributed by atoms with Crippen molar-refractivity contribution in [2.24, 2.45) is 0 Å². The molecular formula is C24H16N2O7. The van der Waals surface area contributed by atoms with Crippen LogP contribution in [0.2, 0.25) is 0 Å². The van der Waals surface area contributed by atoms with Crippen LogP contribution in [-0.2, 0) is 4.74 Å². The highest BCUT2D eigenvalue weighted by atomic mass is 16.6. The summed E-state index contributed by atoms with van der Waals surface area (Å²) >= 11 is 0. The number of carbonyl (C=O) groups excluding carboxylic acids is 4. The first-order valence-electron chi connectivity index (χ1n) is 9.80. The summed E-state index contributed by atoms with van der Waals surface area (Å²) in [5.74, 6) is -2.44. The molecule has 0 fully saturated rings. The number of imide groups is 1. The van der Waals surface area contributed by atoms with Gasteiger partial charge in [0, 0.05) is 17.7 Å². The Morgan fingerprint density at radius 1 is 0.879 bits per heavy atom. The normalized spacial score (nSPS) is 12.5. The monoisotopic (exact) mass is 444 g/mol. The Morgan fingerprint density at radius 3 is 2.12 bits per heavy atom. The second kappa shape index (κ2) is 8.46. The lowest BCUT2D eigenvalue weighted by atomic mass is 10.1. The number of nitro benzene ring substituents is 1. The fourth-order valence-electron chi connectivity index (χ4n) is 3.36. The van der Waals surface area contributed by atoms with E-state index < -0.39 is 35.1 Å². The van der Waals surface area contributed by atoms with Crippen LogP contribution in [0.25, 0.3) is 0 Å². The molecule has 1 heterocycles. The van der Waals surface area contributed by atoms with E-state index in [1.165, 1.54) is 42.5 Å². The number of ether oxygens (including phenoxy) is 1. The molecule has 0 saturated carbocycles. The lowest BCUT2D eigenvalue weighted by molar-refractivity contribution is -0.384. The van der Waals surface area contributed by atoms with Gasteiger partial charge in [0.2, 0.25) is 0 Å². The van der Waals surface area contributed by atoms with Crippen LogP contribution >= 0.6 is 0 Å². The molecule has 0 N–H and O–H groups in total. The van der Waals surface area contributed by atoms with Gasteiger partial charge in [-0.1, -0.05) is 17.7 Å². The molecule has 4 rings (SSSR count). The fraction of sp³-hybridized carbons (Fsp3) is 0.0833. The molecule has 33 heavy (non-hydrogen) atoms. The number of carbonyl (C=O) groups is 4. The third-order valence-electron chi connectivity index (χ3n) is 5.15. The van der Waals surface area contributed by atoms with Crippen molar-refractivity contribution < 1.29 is 28.8 Å². The molecule has 9 nitrogen and oxygen atoms in total. The Labute approximate surface area is 187 Å². The zero-order chi connectivity index (χ0) is 23.7. The van der Waals surface area contributed by atoms with Crippen LogP contribution in [0.4, 0.5) is 11.4 Å². The highest BCUT2D eigenvalue weighted by molar-refractivity contribution is 6.34. The van der Waals surface area contributed by atoms with Gasteiger partial charge in [0.15, 0.2) is 12.4 Å². The molecule has 1 aliphatic heterocycles. The van der Waals surface area contributed by atoms with E-state index in [0.717, 1.165) is 10.5 Å². The van der Waals surface area contributed by atoms with Crippen LogP contribution in [0.1, 0.15) is 47.0 Å². The smallest absolute Gasteiger partial charge is 0.338 e. The number of benzene rings is 3. The molecule has 0 spiro atoms. The summed E-state index contributed by atoms with van der Waals surface area (Å²) in [6.45, 7) is 1.30. The number of anilines is 1. The minimum absolute atomic E-state index is 0.0113. The molecular weight excluding hydrogens is 428 g/mol. The number of aryl methyl sites for hydroxylation is 1. The minimum atomic E-state index is -0.845. The van der Waals surface area contributed by atoms with Gasteiger partial charge in [-0.2, -0.15) is 0 Å². The lowest BCUT2D eigenvalue weighted by Gasteiger charge is -2.13. The van der Waals surface area contributed by atoms with E-state index in [0.29, 0.717) is 5.69 Å². The summed E-state index contributed by atoms with van der Waals surface area (Å²) in [4.78, 5) is 61.3. The number of amides is 2. The predicted octanol–water partition coefficient (Wildman–Crippen LogP) is 3.74. The van der Waals surface area contributed by atoms with Crippen LogP contribution < -0.4 is 4.90 Å². The quantitative estimate of drug-likeness (QED) is 0.186.